The first-order valence-corrected chi connectivity index (χ1v) is 6.13. The van der Waals surface area contributed by atoms with E-state index in [0.717, 1.165) is 5.69 Å². The Morgan fingerprint density at radius 3 is 2.61 bits per heavy atom. The molecule has 18 heavy (non-hydrogen) atoms. The van der Waals surface area contributed by atoms with E-state index in [1.54, 1.807) is 19.0 Å². The summed E-state index contributed by atoms with van der Waals surface area (Å²) in [5, 5.41) is 11.4. The average molecular weight is 253 g/mol. The Morgan fingerprint density at radius 1 is 1.44 bits per heavy atom. The lowest BCUT2D eigenvalue weighted by Crippen LogP contribution is -2.26. The van der Waals surface area contributed by atoms with Crippen molar-refractivity contribution in [3.05, 3.63) is 11.9 Å². The zero-order valence-corrected chi connectivity index (χ0v) is 11.9. The standard InChI is InChI=1S/C12H23N5O/c1-12(2,3)17-9-10(14-15-17)8-13-7-6-11(18)16(4)5/h9,13H,6-8H2,1-5H3. The van der Waals surface area contributed by atoms with Crippen molar-refractivity contribution in [3.63, 3.8) is 0 Å². The van der Waals surface area contributed by atoms with Crippen LogP contribution in [0, 0.1) is 0 Å². The summed E-state index contributed by atoms with van der Waals surface area (Å²) in [5.41, 5.74) is 0.841. The highest BCUT2D eigenvalue weighted by atomic mass is 16.2. The Kier molecular flexibility index (Phi) is 4.84. The molecule has 0 saturated carbocycles. The van der Waals surface area contributed by atoms with Gasteiger partial charge in [-0.05, 0) is 20.8 Å². The van der Waals surface area contributed by atoms with Crippen LogP contribution in [-0.2, 0) is 16.9 Å². The average Bonchev–Trinajstić information content (AvgIpc) is 2.72. The molecule has 0 fully saturated rings. The summed E-state index contributed by atoms with van der Waals surface area (Å²) in [6.45, 7) is 7.52. The van der Waals surface area contributed by atoms with E-state index in [1.807, 2.05) is 10.9 Å². The minimum atomic E-state index is -0.0495. The van der Waals surface area contributed by atoms with Crippen molar-refractivity contribution in [1.82, 2.24) is 25.2 Å². The molecule has 0 aliphatic rings. The fourth-order valence-electron chi connectivity index (χ4n) is 1.34. The highest BCUT2D eigenvalue weighted by Gasteiger charge is 2.14. The summed E-state index contributed by atoms with van der Waals surface area (Å²) in [6, 6.07) is 0. The fourth-order valence-corrected chi connectivity index (χ4v) is 1.34. The smallest absolute Gasteiger partial charge is 0.223 e. The van der Waals surface area contributed by atoms with Crippen molar-refractivity contribution in [1.29, 1.82) is 0 Å². The van der Waals surface area contributed by atoms with Crippen LogP contribution in [0.4, 0.5) is 0 Å². The molecule has 0 radical (unpaired) electrons. The predicted octanol–water partition coefficient (Wildman–Crippen LogP) is 0.601. The SMILES string of the molecule is CN(C)C(=O)CCNCc1cn(C(C)(C)C)nn1. The number of nitrogens with one attached hydrogen (secondary N) is 1. The van der Waals surface area contributed by atoms with Crippen molar-refractivity contribution in [3.8, 4) is 0 Å². The second kappa shape index (κ2) is 5.95. The molecule has 0 bridgehead atoms. The molecule has 1 aromatic heterocycles. The summed E-state index contributed by atoms with van der Waals surface area (Å²) >= 11 is 0. The maximum atomic E-state index is 11.3. The molecule has 102 valence electrons. The van der Waals surface area contributed by atoms with Crippen LogP contribution in [0.5, 0.6) is 0 Å². The third-order valence-electron chi connectivity index (χ3n) is 2.55. The summed E-state index contributed by atoms with van der Waals surface area (Å²) in [4.78, 5) is 12.9. The molecule has 0 aromatic carbocycles. The van der Waals surface area contributed by atoms with Gasteiger partial charge in [-0.3, -0.25) is 4.79 Å². The molecular formula is C12H23N5O. The second-order valence-corrected chi connectivity index (χ2v) is 5.54. The largest absolute Gasteiger partial charge is 0.349 e. The number of amides is 1. The van der Waals surface area contributed by atoms with Gasteiger partial charge in [-0.1, -0.05) is 5.21 Å². The van der Waals surface area contributed by atoms with Gasteiger partial charge in [0.25, 0.3) is 0 Å². The quantitative estimate of drug-likeness (QED) is 0.781. The van der Waals surface area contributed by atoms with Crippen LogP contribution < -0.4 is 5.32 Å². The minimum absolute atomic E-state index is 0.0495. The molecule has 0 aliphatic heterocycles. The normalized spacial score (nSPS) is 11.6. The summed E-state index contributed by atoms with van der Waals surface area (Å²) in [6.07, 6.45) is 2.43. The molecule has 0 spiro atoms. The topological polar surface area (TPSA) is 63.1 Å². The van der Waals surface area contributed by atoms with Gasteiger partial charge in [-0.15, -0.1) is 5.10 Å². The van der Waals surface area contributed by atoms with E-state index in [4.69, 9.17) is 0 Å². The number of nitrogens with zero attached hydrogens (tertiary/aromatic N) is 4. The van der Waals surface area contributed by atoms with Crippen LogP contribution in [0.3, 0.4) is 0 Å². The Balaban J connectivity index is 2.32. The maximum absolute atomic E-state index is 11.3. The van der Waals surface area contributed by atoms with E-state index in [1.165, 1.54) is 0 Å². The van der Waals surface area contributed by atoms with Crippen molar-refractivity contribution in [2.24, 2.45) is 0 Å². The highest BCUT2D eigenvalue weighted by molar-refractivity contribution is 5.75. The Morgan fingerprint density at radius 2 is 2.11 bits per heavy atom. The Bertz CT molecular complexity index is 391. The van der Waals surface area contributed by atoms with E-state index in [9.17, 15) is 4.79 Å². The number of hydrogen-bond acceptors (Lipinski definition) is 4. The summed E-state index contributed by atoms with van der Waals surface area (Å²) < 4.78 is 1.84. The number of rotatable bonds is 5. The first-order valence-electron chi connectivity index (χ1n) is 6.13. The molecule has 0 saturated heterocycles. The third-order valence-corrected chi connectivity index (χ3v) is 2.55. The zero-order chi connectivity index (χ0) is 13.8. The number of carbonyl (C=O) groups excluding carboxylic acids is 1. The van der Waals surface area contributed by atoms with Crippen molar-refractivity contribution in [2.45, 2.75) is 39.3 Å². The van der Waals surface area contributed by atoms with Crippen LogP contribution >= 0.6 is 0 Å². The molecule has 6 heteroatoms. The molecule has 1 heterocycles. The van der Waals surface area contributed by atoms with Gasteiger partial charge in [-0.2, -0.15) is 0 Å². The van der Waals surface area contributed by atoms with Gasteiger partial charge in [0.1, 0.15) is 0 Å². The van der Waals surface area contributed by atoms with E-state index in [2.05, 4.69) is 36.4 Å². The molecular weight excluding hydrogens is 230 g/mol. The van der Waals surface area contributed by atoms with Gasteiger partial charge in [0.05, 0.1) is 17.4 Å². The lowest BCUT2D eigenvalue weighted by Gasteiger charge is -2.17. The maximum Gasteiger partial charge on any atom is 0.223 e. The lowest BCUT2D eigenvalue weighted by molar-refractivity contribution is -0.128. The second-order valence-electron chi connectivity index (χ2n) is 5.54. The van der Waals surface area contributed by atoms with E-state index < -0.39 is 0 Å². The van der Waals surface area contributed by atoms with Crippen LogP contribution in [0.2, 0.25) is 0 Å². The molecule has 0 unspecified atom stereocenters. The van der Waals surface area contributed by atoms with Crippen LogP contribution in [0.15, 0.2) is 6.20 Å². The van der Waals surface area contributed by atoms with Crippen LogP contribution in [0.25, 0.3) is 0 Å². The van der Waals surface area contributed by atoms with E-state index in [-0.39, 0.29) is 11.4 Å². The Hall–Kier alpha value is -1.43. The Labute approximate surface area is 108 Å². The molecule has 1 N–H and O–H groups in total. The number of aromatic nitrogens is 3. The van der Waals surface area contributed by atoms with Crippen molar-refractivity contribution >= 4 is 5.91 Å². The van der Waals surface area contributed by atoms with Crippen LogP contribution in [0.1, 0.15) is 32.9 Å². The molecule has 6 nitrogen and oxygen atoms in total. The predicted molar refractivity (Wildman–Crippen MR) is 70.0 cm³/mol. The highest BCUT2D eigenvalue weighted by Crippen LogP contribution is 2.11. The molecule has 1 aromatic rings. The van der Waals surface area contributed by atoms with Gasteiger partial charge in [0, 0.05) is 33.6 Å². The monoisotopic (exact) mass is 253 g/mol. The van der Waals surface area contributed by atoms with E-state index >= 15 is 0 Å². The molecule has 1 rings (SSSR count). The van der Waals surface area contributed by atoms with Gasteiger partial charge in [-0.25, -0.2) is 4.68 Å². The van der Waals surface area contributed by atoms with E-state index in [0.29, 0.717) is 19.5 Å². The molecule has 1 amide bonds. The molecule has 0 aliphatic carbocycles. The van der Waals surface area contributed by atoms with Gasteiger partial charge >= 0.3 is 0 Å². The first kappa shape index (κ1) is 14.6. The van der Waals surface area contributed by atoms with Gasteiger partial charge in [0.2, 0.25) is 5.91 Å². The zero-order valence-electron chi connectivity index (χ0n) is 11.9. The number of carbonyl (C=O) groups is 1. The third kappa shape index (κ3) is 4.44. The molecule has 0 atom stereocenters. The van der Waals surface area contributed by atoms with Crippen molar-refractivity contribution < 1.29 is 4.79 Å². The van der Waals surface area contributed by atoms with Gasteiger partial charge in [0.15, 0.2) is 0 Å². The summed E-state index contributed by atoms with van der Waals surface area (Å²) in [7, 11) is 3.52. The van der Waals surface area contributed by atoms with Crippen LogP contribution in [-0.4, -0.2) is 46.4 Å². The fraction of sp³-hybridized carbons (Fsp3) is 0.750. The minimum Gasteiger partial charge on any atom is -0.349 e. The van der Waals surface area contributed by atoms with Crippen molar-refractivity contribution in [2.75, 3.05) is 20.6 Å². The number of hydrogen-bond donors (Lipinski definition) is 1. The lowest BCUT2D eigenvalue weighted by atomic mass is 10.1. The van der Waals surface area contributed by atoms with Gasteiger partial charge < -0.3 is 10.2 Å². The summed E-state index contributed by atoms with van der Waals surface area (Å²) in [5.74, 6) is 0.126. The first-order chi connectivity index (χ1) is 8.30.